The summed E-state index contributed by atoms with van der Waals surface area (Å²) in [6.07, 6.45) is 2.47. The topological polar surface area (TPSA) is 54.4 Å². The minimum absolute atomic E-state index is 0.0807. The number of hydrogen-bond donors (Lipinski definition) is 2. The molecule has 0 aliphatic heterocycles. The highest BCUT2D eigenvalue weighted by Crippen LogP contribution is 2.22. The lowest BCUT2D eigenvalue weighted by atomic mass is 10.0. The number of aliphatic hydroxyl groups is 1. The van der Waals surface area contributed by atoms with Crippen molar-refractivity contribution in [1.82, 2.24) is 4.98 Å². The molecule has 0 fully saturated rings. The summed E-state index contributed by atoms with van der Waals surface area (Å²) < 4.78 is 5.59. The SMILES string of the molecule is CCC(C)(O)CNc1cccnc1OC(C)C. The first-order valence-corrected chi connectivity index (χ1v) is 6.02. The minimum atomic E-state index is -0.717. The molecule has 0 aliphatic rings. The highest BCUT2D eigenvalue weighted by atomic mass is 16.5. The number of pyridine rings is 1. The van der Waals surface area contributed by atoms with E-state index in [0.717, 1.165) is 5.69 Å². The first kappa shape index (κ1) is 13.8. The summed E-state index contributed by atoms with van der Waals surface area (Å²) >= 11 is 0. The summed E-state index contributed by atoms with van der Waals surface area (Å²) in [5.74, 6) is 0.578. The Balaban J connectivity index is 2.70. The predicted octanol–water partition coefficient (Wildman–Crippen LogP) is 2.44. The number of ether oxygens (including phenoxy) is 1. The van der Waals surface area contributed by atoms with Crippen LogP contribution in [0.15, 0.2) is 18.3 Å². The van der Waals surface area contributed by atoms with Crippen LogP contribution < -0.4 is 10.1 Å². The number of nitrogens with one attached hydrogen (secondary N) is 1. The number of aromatic nitrogens is 1. The largest absolute Gasteiger partial charge is 0.473 e. The van der Waals surface area contributed by atoms with Crippen LogP contribution in [0.3, 0.4) is 0 Å². The fourth-order valence-corrected chi connectivity index (χ4v) is 1.25. The van der Waals surface area contributed by atoms with Crippen LogP contribution in [-0.2, 0) is 0 Å². The lowest BCUT2D eigenvalue weighted by Gasteiger charge is -2.23. The number of rotatable bonds is 6. The summed E-state index contributed by atoms with van der Waals surface area (Å²) in [4.78, 5) is 4.18. The molecule has 4 heteroatoms. The highest BCUT2D eigenvalue weighted by Gasteiger charge is 2.18. The van der Waals surface area contributed by atoms with E-state index in [-0.39, 0.29) is 6.10 Å². The van der Waals surface area contributed by atoms with Crippen molar-refractivity contribution in [3.8, 4) is 5.88 Å². The van der Waals surface area contributed by atoms with Gasteiger partial charge in [-0.1, -0.05) is 6.92 Å². The van der Waals surface area contributed by atoms with Crippen LogP contribution in [0, 0.1) is 0 Å². The zero-order valence-electron chi connectivity index (χ0n) is 11.0. The Hall–Kier alpha value is -1.29. The fourth-order valence-electron chi connectivity index (χ4n) is 1.25. The molecule has 1 aromatic heterocycles. The quantitative estimate of drug-likeness (QED) is 0.799. The van der Waals surface area contributed by atoms with Gasteiger partial charge in [-0.05, 0) is 39.3 Å². The van der Waals surface area contributed by atoms with E-state index in [1.807, 2.05) is 32.9 Å². The summed E-state index contributed by atoms with van der Waals surface area (Å²) in [6.45, 7) is 8.15. The molecule has 17 heavy (non-hydrogen) atoms. The van der Waals surface area contributed by atoms with Crippen molar-refractivity contribution in [2.75, 3.05) is 11.9 Å². The van der Waals surface area contributed by atoms with E-state index in [1.165, 1.54) is 0 Å². The number of nitrogens with zero attached hydrogens (tertiary/aromatic N) is 1. The molecule has 0 saturated heterocycles. The molecule has 0 aromatic carbocycles. The minimum Gasteiger partial charge on any atom is -0.473 e. The Morgan fingerprint density at radius 3 is 2.82 bits per heavy atom. The summed E-state index contributed by atoms with van der Waals surface area (Å²) in [5, 5.41) is 13.1. The molecular formula is C13H22N2O2. The van der Waals surface area contributed by atoms with Gasteiger partial charge in [0.2, 0.25) is 5.88 Å². The molecule has 0 saturated carbocycles. The maximum Gasteiger partial charge on any atom is 0.237 e. The third-order valence-corrected chi connectivity index (χ3v) is 2.54. The van der Waals surface area contributed by atoms with E-state index >= 15 is 0 Å². The van der Waals surface area contributed by atoms with Crippen LogP contribution in [0.1, 0.15) is 34.1 Å². The second-order valence-corrected chi connectivity index (χ2v) is 4.73. The molecule has 0 spiro atoms. The first-order chi connectivity index (χ1) is 7.94. The van der Waals surface area contributed by atoms with Crippen LogP contribution >= 0.6 is 0 Å². The summed E-state index contributed by atoms with van der Waals surface area (Å²) in [7, 11) is 0. The van der Waals surface area contributed by atoms with Gasteiger partial charge in [0.05, 0.1) is 17.4 Å². The third-order valence-electron chi connectivity index (χ3n) is 2.54. The summed E-state index contributed by atoms with van der Waals surface area (Å²) in [6, 6.07) is 3.74. The first-order valence-electron chi connectivity index (χ1n) is 6.02. The van der Waals surface area contributed by atoms with E-state index in [1.54, 1.807) is 13.1 Å². The van der Waals surface area contributed by atoms with E-state index < -0.39 is 5.60 Å². The predicted molar refractivity (Wildman–Crippen MR) is 69.4 cm³/mol. The Labute approximate surface area is 103 Å². The van der Waals surface area contributed by atoms with Crippen LogP contribution in [-0.4, -0.2) is 28.3 Å². The molecule has 1 unspecified atom stereocenters. The van der Waals surface area contributed by atoms with Crippen molar-refractivity contribution in [1.29, 1.82) is 0 Å². The summed E-state index contributed by atoms with van der Waals surface area (Å²) in [5.41, 5.74) is 0.0974. The number of anilines is 1. The van der Waals surface area contributed by atoms with Gasteiger partial charge >= 0.3 is 0 Å². The van der Waals surface area contributed by atoms with Gasteiger partial charge in [0.25, 0.3) is 0 Å². The molecule has 1 rings (SSSR count). The van der Waals surface area contributed by atoms with Crippen molar-refractivity contribution >= 4 is 5.69 Å². The Morgan fingerprint density at radius 1 is 1.53 bits per heavy atom. The van der Waals surface area contributed by atoms with Gasteiger partial charge < -0.3 is 15.2 Å². The van der Waals surface area contributed by atoms with Gasteiger partial charge in [-0.3, -0.25) is 0 Å². The smallest absolute Gasteiger partial charge is 0.237 e. The zero-order valence-corrected chi connectivity index (χ0v) is 11.0. The normalized spacial score (nSPS) is 14.5. The van der Waals surface area contributed by atoms with Crippen LogP contribution in [0.4, 0.5) is 5.69 Å². The third kappa shape index (κ3) is 4.61. The lowest BCUT2D eigenvalue weighted by Crippen LogP contribution is -2.32. The molecule has 0 bridgehead atoms. The van der Waals surface area contributed by atoms with Crippen molar-refractivity contribution < 1.29 is 9.84 Å². The molecule has 2 N–H and O–H groups in total. The Morgan fingerprint density at radius 2 is 2.24 bits per heavy atom. The molecule has 0 radical (unpaired) electrons. The van der Waals surface area contributed by atoms with E-state index in [4.69, 9.17) is 4.74 Å². The van der Waals surface area contributed by atoms with E-state index in [0.29, 0.717) is 18.8 Å². The van der Waals surface area contributed by atoms with Gasteiger partial charge in [-0.25, -0.2) is 4.98 Å². The molecule has 4 nitrogen and oxygen atoms in total. The van der Waals surface area contributed by atoms with Gasteiger partial charge in [0.1, 0.15) is 0 Å². The maximum absolute atomic E-state index is 9.93. The molecule has 1 heterocycles. The molecule has 1 aromatic rings. The molecule has 1 atom stereocenters. The van der Waals surface area contributed by atoms with Crippen LogP contribution in [0.25, 0.3) is 0 Å². The zero-order chi connectivity index (χ0) is 12.9. The van der Waals surface area contributed by atoms with Gasteiger partial charge in [0, 0.05) is 12.7 Å². The average molecular weight is 238 g/mol. The van der Waals surface area contributed by atoms with Crippen LogP contribution in [0.5, 0.6) is 5.88 Å². The Kier molecular flexibility index (Phi) is 4.75. The highest BCUT2D eigenvalue weighted by molar-refractivity contribution is 5.52. The van der Waals surface area contributed by atoms with Crippen molar-refractivity contribution in [2.24, 2.45) is 0 Å². The lowest BCUT2D eigenvalue weighted by molar-refractivity contribution is 0.0696. The number of hydrogen-bond acceptors (Lipinski definition) is 4. The maximum atomic E-state index is 9.93. The van der Waals surface area contributed by atoms with Gasteiger partial charge in [-0.2, -0.15) is 0 Å². The monoisotopic (exact) mass is 238 g/mol. The van der Waals surface area contributed by atoms with Crippen molar-refractivity contribution in [3.05, 3.63) is 18.3 Å². The molecule has 0 aliphatic carbocycles. The molecular weight excluding hydrogens is 216 g/mol. The molecule has 96 valence electrons. The van der Waals surface area contributed by atoms with Gasteiger partial charge in [-0.15, -0.1) is 0 Å². The average Bonchev–Trinajstić information content (AvgIpc) is 2.27. The Bertz CT molecular complexity index is 351. The van der Waals surface area contributed by atoms with Crippen molar-refractivity contribution in [3.63, 3.8) is 0 Å². The standard InChI is InChI=1S/C13H22N2O2/c1-5-13(4,16)9-15-11-7-6-8-14-12(11)17-10(2)3/h6-8,10,15-16H,5,9H2,1-4H3. The van der Waals surface area contributed by atoms with Crippen LogP contribution in [0.2, 0.25) is 0 Å². The van der Waals surface area contributed by atoms with Crippen molar-refractivity contribution in [2.45, 2.75) is 45.8 Å². The van der Waals surface area contributed by atoms with E-state index in [9.17, 15) is 5.11 Å². The second-order valence-electron chi connectivity index (χ2n) is 4.73. The van der Waals surface area contributed by atoms with Gasteiger partial charge in [0.15, 0.2) is 0 Å². The van der Waals surface area contributed by atoms with E-state index in [2.05, 4.69) is 10.3 Å². The second kappa shape index (κ2) is 5.87. The molecule has 0 amide bonds. The fraction of sp³-hybridized carbons (Fsp3) is 0.615.